The Bertz CT molecular complexity index is 533. The minimum Gasteiger partial charge on any atom is -0.353 e. The molecule has 0 saturated carbocycles. The molecule has 2 atom stereocenters. The van der Waals surface area contributed by atoms with Gasteiger partial charge >= 0.3 is 0 Å². The lowest BCUT2D eigenvalue weighted by Gasteiger charge is -2.38. The summed E-state index contributed by atoms with van der Waals surface area (Å²) < 4.78 is 0. The van der Waals surface area contributed by atoms with Gasteiger partial charge in [0.25, 0.3) is 0 Å². The van der Waals surface area contributed by atoms with Crippen molar-refractivity contribution in [2.75, 3.05) is 40.3 Å². The first-order valence-corrected chi connectivity index (χ1v) is 8.10. The number of nitrogens with one attached hydrogen (secondary N) is 2. The molecular formula is C17H26N4O. The molecule has 0 bridgehead atoms. The predicted octanol–water partition coefficient (Wildman–Crippen LogP) is 0.0629. The lowest BCUT2D eigenvalue weighted by Crippen LogP contribution is -2.56. The van der Waals surface area contributed by atoms with Crippen molar-refractivity contribution in [3.8, 4) is 0 Å². The Kier molecular flexibility index (Phi) is 4.76. The molecule has 3 rings (SSSR count). The van der Waals surface area contributed by atoms with Crippen molar-refractivity contribution in [3.63, 3.8) is 0 Å². The van der Waals surface area contributed by atoms with Gasteiger partial charge in [-0.2, -0.15) is 0 Å². The average Bonchev–Trinajstić information content (AvgIpc) is 2.55. The molecule has 120 valence electrons. The quantitative estimate of drug-likeness (QED) is 0.829. The number of amides is 1. The molecule has 1 aromatic rings. The van der Waals surface area contributed by atoms with Gasteiger partial charge in [0.2, 0.25) is 5.91 Å². The normalized spacial score (nSPS) is 26.5. The molecule has 0 aliphatic carbocycles. The van der Waals surface area contributed by atoms with Gasteiger partial charge in [-0.05, 0) is 31.6 Å². The maximum Gasteiger partial charge on any atom is 0.237 e. The molecule has 2 aliphatic rings. The lowest BCUT2D eigenvalue weighted by atomic mass is 9.95. The standard InChI is InChI=1S/C17H26N4O/c1-20-7-8-21(2)15(12-20)11-19-17(22)16-9-13-5-3-4-6-14(13)10-18-16/h3-6,15-16,18H,7-12H2,1-2H3,(H,19,22). The number of piperazine rings is 1. The summed E-state index contributed by atoms with van der Waals surface area (Å²) >= 11 is 0. The van der Waals surface area contributed by atoms with Crippen LogP contribution in [0.5, 0.6) is 0 Å². The van der Waals surface area contributed by atoms with E-state index in [0.29, 0.717) is 6.04 Å². The highest BCUT2D eigenvalue weighted by Gasteiger charge is 2.26. The van der Waals surface area contributed by atoms with Gasteiger partial charge in [0.1, 0.15) is 0 Å². The lowest BCUT2D eigenvalue weighted by molar-refractivity contribution is -0.123. The molecule has 0 radical (unpaired) electrons. The van der Waals surface area contributed by atoms with Gasteiger partial charge in [-0.1, -0.05) is 24.3 Å². The van der Waals surface area contributed by atoms with Crippen LogP contribution in [-0.4, -0.2) is 68.1 Å². The topological polar surface area (TPSA) is 47.6 Å². The number of benzene rings is 1. The summed E-state index contributed by atoms with van der Waals surface area (Å²) in [7, 11) is 4.28. The summed E-state index contributed by atoms with van der Waals surface area (Å²) in [6.45, 7) is 4.67. The van der Waals surface area contributed by atoms with Crippen LogP contribution in [0, 0.1) is 0 Å². The van der Waals surface area contributed by atoms with Gasteiger partial charge in [0, 0.05) is 38.8 Å². The fourth-order valence-corrected chi connectivity index (χ4v) is 3.30. The number of hydrogen-bond acceptors (Lipinski definition) is 4. The van der Waals surface area contributed by atoms with Crippen LogP contribution in [0.4, 0.5) is 0 Å². The summed E-state index contributed by atoms with van der Waals surface area (Å²) in [5.41, 5.74) is 2.59. The van der Waals surface area contributed by atoms with Crippen molar-refractivity contribution in [1.82, 2.24) is 20.4 Å². The number of nitrogens with zero attached hydrogens (tertiary/aromatic N) is 2. The van der Waals surface area contributed by atoms with Crippen LogP contribution in [0.15, 0.2) is 24.3 Å². The largest absolute Gasteiger partial charge is 0.353 e. The minimum absolute atomic E-state index is 0.110. The highest BCUT2D eigenvalue weighted by Crippen LogP contribution is 2.16. The van der Waals surface area contributed by atoms with E-state index in [1.165, 1.54) is 11.1 Å². The molecule has 2 unspecified atom stereocenters. The zero-order chi connectivity index (χ0) is 15.5. The summed E-state index contributed by atoms with van der Waals surface area (Å²) in [5.74, 6) is 0.121. The van der Waals surface area contributed by atoms with E-state index in [0.717, 1.165) is 39.1 Å². The summed E-state index contributed by atoms with van der Waals surface area (Å²) in [6.07, 6.45) is 0.780. The molecule has 2 heterocycles. The van der Waals surface area contributed by atoms with Gasteiger partial charge in [-0.25, -0.2) is 0 Å². The third kappa shape index (κ3) is 3.48. The van der Waals surface area contributed by atoms with E-state index in [-0.39, 0.29) is 11.9 Å². The van der Waals surface area contributed by atoms with Crippen LogP contribution in [0.3, 0.4) is 0 Å². The fraction of sp³-hybridized carbons (Fsp3) is 0.588. The van der Waals surface area contributed by atoms with Crippen molar-refractivity contribution >= 4 is 5.91 Å². The van der Waals surface area contributed by atoms with E-state index in [1.807, 2.05) is 6.07 Å². The van der Waals surface area contributed by atoms with Gasteiger partial charge < -0.3 is 15.5 Å². The van der Waals surface area contributed by atoms with Crippen molar-refractivity contribution in [1.29, 1.82) is 0 Å². The highest BCUT2D eigenvalue weighted by atomic mass is 16.2. The van der Waals surface area contributed by atoms with Crippen molar-refractivity contribution in [2.45, 2.75) is 25.0 Å². The van der Waals surface area contributed by atoms with Gasteiger partial charge in [0.15, 0.2) is 0 Å². The second-order valence-corrected chi connectivity index (χ2v) is 6.55. The molecule has 1 aromatic carbocycles. The van der Waals surface area contributed by atoms with E-state index in [9.17, 15) is 4.79 Å². The Morgan fingerprint density at radius 2 is 2.05 bits per heavy atom. The number of carbonyl (C=O) groups excluding carboxylic acids is 1. The zero-order valence-corrected chi connectivity index (χ0v) is 13.5. The van der Waals surface area contributed by atoms with Crippen LogP contribution < -0.4 is 10.6 Å². The minimum atomic E-state index is -0.110. The number of fused-ring (bicyclic) bond motifs is 1. The number of likely N-dealkylation sites (N-methyl/N-ethyl adjacent to an activating group) is 2. The summed E-state index contributed by atoms with van der Waals surface area (Å²) in [5, 5.41) is 6.48. The van der Waals surface area contributed by atoms with Gasteiger partial charge in [-0.15, -0.1) is 0 Å². The SMILES string of the molecule is CN1CCN(C)C(CNC(=O)C2Cc3ccccc3CN2)C1. The first kappa shape index (κ1) is 15.5. The fourth-order valence-electron chi connectivity index (χ4n) is 3.30. The molecular weight excluding hydrogens is 276 g/mol. The number of rotatable bonds is 3. The van der Waals surface area contributed by atoms with Crippen LogP contribution in [0.1, 0.15) is 11.1 Å². The van der Waals surface area contributed by atoms with Crippen molar-refractivity contribution in [3.05, 3.63) is 35.4 Å². The van der Waals surface area contributed by atoms with Gasteiger partial charge in [0.05, 0.1) is 6.04 Å². The molecule has 2 aliphatic heterocycles. The van der Waals surface area contributed by atoms with Gasteiger partial charge in [-0.3, -0.25) is 9.69 Å². The van der Waals surface area contributed by atoms with E-state index in [2.05, 4.69) is 52.7 Å². The maximum absolute atomic E-state index is 12.4. The third-order valence-electron chi connectivity index (χ3n) is 4.89. The van der Waals surface area contributed by atoms with Crippen molar-refractivity contribution in [2.24, 2.45) is 0 Å². The van der Waals surface area contributed by atoms with E-state index in [1.54, 1.807) is 0 Å². The Morgan fingerprint density at radius 3 is 2.86 bits per heavy atom. The predicted molar refractivity (Wildman–Crippen MR) is 87.7 cm³/mol. The van der Waals surface area contributed by atoms with Crippen LogP contribution in [0.2, 0.25) is 0 Å². The van der Waals surface area contributed by atoms with Crippen LogP contribution in [0.25, 0.3) is 0 Å². The molecule has 22 heavy (non-hydrogen) atoms. The monoisotopic (exact) mass is 302 g/mol. The Labute approximate surface area is 132 Å². The second kappa shape index (κ2) is 6.77. The first-order valence-electron chi connectivity index (χ1n) is 8.10. The number of hydrogen-bond donors (Lipinski definition) is 2. The van der Waals surface area contributed by atoms with Crippen LogP contribution >= 0.6 is 0 Å². The molecule has 0 spiro atoms. The number of carbonyl (C=O) groups is 1. The molecule has 1 saturated heterocycles. The molecule has 1 amide bonds. The van der Waals surface area contributed by atoms with E-state index >= 15 is 0 Å². The van der Waals surface area contributed by atoms with Crippen molar-refractivity contribution < 1.29 is 4.79 Å². The van der Waals surface area contributed by atoms with Crippen LogP contribution in [-0.2, 0) is 17.8 Å². The molecule has 2 N–H and O–H groups in total. The molecule has 1 fully saturated rings. The molecule has 0 aromatic heterocycles. The Morgan fingerprint density at radius 1 is 1.27 bits per heavy atom. The average molecular weight is 302 g/mol. The first-order chi connectivity index (χ1) is 10.6. The molecule has 5 nitrogen and oxygen atoms in total. The summed E-state index contributed by atoms with van der Waals surface area (Å²) in [6, 6.07) is 8.64. The smallest absolute Gasteiger partial charge is 0.237 e. The molecule has 5 heteroatoms. The Hall–Kier alpha value is -1.43. The Balaban J connectivity index is 1.52. The highest BCUT2D eigenvalue weighted by molar-refractivity contribution is 5.82. The zero-order valence-electron chi connectivity index (χ0n) is 13.5. The van der Waals surface area contributed by atoms with E-state index < -0.39 is 0 Å². The summed E-state index contributed by atoms with van der Waals surface area (Å²) in [4.78, 5) is 17.1. The maximum atomic E-state index is 12.4. The second-order valence-electron chi connectivity index (χ2n) is 6.55. The van der Waals surface area contributed by atoms with E-state index in [4.69, 9.17) is 0 Å². The third-order valence-corrected chi connectivity index (χ3v) is 4.89.